The van der Waals surface area contributed by atoms with Gasteiger partial charge in [0, 0.05) is 13.0 Å². The molecule has 1 saturated heterocycles. The van der Waals surface area contributed by atoms with E-state index in [-0.39, 0.29) is 11.6 Å². The minimum Gasteiger partial charge on any atom is -0.497 e. The van der Waals surface area contributed by atoms with Crippen LogP contribution in [0.4, 0.5) is 5.82 Å². The number of nitrogens with one attached hydrogen (secondary N) is 1. The molecule has 0 aliphatic carbocycles. The van der Waals surface area contributed by atoms with Crippen LogP contribution in [0, 0.1) is 0 Å². The maximum absolute atomic E-state index is 11.1. The summed E-state index contributed by atoms with van der Waals surface area (Å²) in [6.07, 6.45) is 1.90. The van der Waals surface area contributed by atoms with E-state index in [1.165, 1.54) is 6.33 Å². The van der Waals surface area contributed by atoms with Gasteiger partial charge in [-0.2, -0.15) is 0 Å². The fourth-order valence-electron chi connectivity index (χ4n) is 6.71. The largest absolute Gasteiger partial charge is 0.497 e. The van der Waals surface area contributed by atoms with Crippen LogP contribution in [0.3, 0.4) is 0 Å². The molecule has 0 unspecified atom stereocenters. The van der Waals surface area contributed by atoms with E-state index in [2.05, 4.69) is 121 Å². The molecule has 298 valence electrons. The topological polar surface area (TPSA) is 122 Å². The summed E-state index contributed by atoms with van der Waals surface area (Å²) in [5, 5.41) is 14.7. The molecule has 1 fully saturated rings. The number of methoxy groups -OCH3 is 2. The van der Waals surface area contributed by atoms with Gasteiger partial charge in [0.25, 0.3) is 0 Å². The highest BCUT2D eigenvalue weighted by atomic mass is 28.4. The first-order valence-corrected chi connectivity index (χ1v) is 22.3. The Morgan fingerprint density at radius 3 is 2.21 bits per heavy atom. The highest BCUT2D eigenvalue weighted by molar-refractivity contribution is 6.74. The second-order valence-electron chi connectivity index (χ2n) is 16.0. The average Bonchev–Trinajstić information content (AvgIpc) is 3.82. The maximum Gasteiger partial charge on any atom is 0.192 e. The number of aliphatic hydroxyl groups is 1. The van der Waals surface area contributed by atoms with Crippen LogP contribution in [0.5, 0.6) is 11.5 Å². The second-order valence-corrected chi connectivity index (χ2v) is 20.9. The number of fused-ring (bicyclic) bond motifs is 1. The lowest BCUT2D eigenvalue weighted by Crippen LogP contribution is -2.40. The van der Waals surface area contributed by atoms with Gasteiger partial charge in [-0.1, -0.05) is 81.4 Å². The van der Waals surface area contributed by atoms with Crippen molar-refractivity contribution in [3.63, 3.8) is 0 Å². The molecule has 6 aromatic rings. The van der Waals surface area contributed by atoms with Gasteiger partial charge in [-0.15, -0.1) is 0 Å². The molecule has 2 N–H and O–H groups in total. The highest BCUT2D eigenvalue weighted by Gasteiger charge is 2.37. The number of benzene rings is 4. The fraction of sp³-hybridized carbons (Fsp3) is 0.356. The first kappa shape index (κ1) is 40.1. The molecule has 2 aromatic heterocycles. The second kappa shape index (κ2) is 17.2. The van der Waals surface area contributed by atoms with E-state index < -0.39 is 26.8 Å². The van der Waals surface area contributed by atoms with Gasteiger partial charge in [0.1, 0.15) is 30.2 Å². The van der Waals surface area contributed by atoms with E-state index in [4.69, 9.17) is 23.4 Å². The summed E-state index contributed by atoms with van der Waals surface area (Å²) >= 11 is 0. The van der Waals surface area contributed by atoms with E-state index in [0.717, 1.165) is 50.4 Å². The molecule has 4 aromatic carbocycles. The van der Waals surface area contributed by atoms with Crippen LogP contribution >= 0.6 is 0 Å². The standard InChI is InChI=1S/C45H53N5O6Si/c1-45(2,3)57(6,7)55-25-31-10-8-9-30(21-31)24-46-43-42-44(48-28-47-43)50(29-49-42)41-23-39(51)40(56-41)27-54-26-35-12-11-34(32-13-17-36(52-4)18-14-32)22-38(35)33-15-19-37(53-5)20-16-33/h8-22,28-29,39-41,51H,23-27H2,1-7H3,(H,46,47,48)/t39-,40+,41+/m0/s1. The van der Waals surface area contributed by atoms with Crippen molar-refractivity contribution in [1.29, 1.82) is 0 Å². The van der Waals surface area contributed by atoms with Crippen LogP contribution in [0.1, 0.15) is 50.1 Å². The van der Waals surface area contributed by atoms with Gasteiger partial charge in [-0.25, -0.2) is 15.0 Å². The molecule has 7 rings (SSSR count). The van der Waals surface area contributed by atoms with E-state index in [0.29, 0.717) is 43.2 Å². The number of aliphatic hydroxyl groups excluding tert-OH is 1. The lowest BCUT2D eigenvalue weighted by atomic mass is 9.94. The van der Waals surface area contributed by atoms with Crippen molar-refractivity contribution in [2.24, 2.45) is 0 Å². The predicted molar refractivity (Wildman–Crippen MR) is 226 cm³/mol. The molecule has 1 aliphatic heterocycles. The summed E-state index contributed by atoms with van der Waals surface area (Å²) in [6, 6.07) is 30.8. The van der Waals surface area contributed by atoms with Crippen LogP contribution in [0.15, 0.2) is 104 Å². The summed E-state index contributed by atoms with van der Waals surface area (Å²) in [7, 11) is 1.47. The third-order valence-corrected chi connectivity index (χ3v) is 15.7. The Morgan fingerprint density at radius 2 is 1.51 bits per heavy atom. The number of anilines is 1. The molecule has 0 bridgehead atoms. The molecule has 0 spiro atoms. The number of hydrogen-bond acceptors (Lipinski definition) is 10. The molecule has 11 nitrogen and oxygen atoms in total. The number of aromatic nitrogens is 4. The highest BCUT2D eigenvalue weighted by Crippen LogP contribution is 2.38. The first-order chi connectivity index (χ1) is 27.4. The number of imidazole rings is 1. The minimum atomic E-state index is -1.86. The zero-order valence-corrected chi connectivity index (χ0v) is 34.9. The molecule has 0 radical (unpaired) electrons. The van der Waals surface area contributed by atoms with Gasteiger partial charge < -0.3 is 33.8 Å². The zero-order valence-electron chi connectivity index (χ0n) is 33.9. The van der Waals surface area contributed by atoms with Crippen molar-refractivity contribution in [2.45, 2.75) is 83.5 Å². The monoisotopic (exact) mass is 787 g/mol. The van der Waals surface area contributed by atoms with Crippen molar-refractivity contribution in [3.05, 3.63) is 120 Å². The summed E-state index contributed by atoms with van der Waals surface area (Å²) in [6.45, 7) is 13.0. The Morgan fingerprint density at radius 1 is 0.825 bits per heavy atom. The van der Waals surface area contributed by atoms with E-state index in [1.54, 1.807) is 20.5 Å². The van der Waals surface area contributed by atoms with Gasteiger partial charge in [-0.3, -0.25) is 4.57 Å². The van der Waals surface area contributed by atoms with Crippen molar-refractivity contribution in [3.8, 4) is 33.8 Å². The molecule has 0 amide bonds. The molecular formula is C45H53N5O6Si. The Hall–Kier alpha value is -5.11. The van der Waals surface area contributed by atoms with Crippen LogP contribution in [0.25, 0.3) is 33.4 Å². The normalized spacial score (nSPS) is 17.2. The fourth-order valence-corrected chi connectivity index (χ4v) is 7.67. The molecule has 12 heteroatoms. The van der Waals surface area contributed by atoms with Crippen LogP contribution in [-0.4, -0.2) is 66.0 Å². The van der Waals surface area contributed by atoms with Crippen molar-refractivity contribution in [2.75, 3.05) is 26.1 Å². The van der Waals surface area contributed by atoms with Crippen LogP contribution in [-0.2, 0) is 33.7 Å². The SMILES string of the molecule is COc1ccc(-c2ccc(COC[C@H]3O[C@@H](n4cnc5c(NCc6cccc(CO[Si](C)(C)C(C)(C)C)c6)ncnc54)C[C@@H]3O)c(-c3ccc(OC)cc3)c2)cc1. The van der Waals surface area contributed by atoms with Crippen molar-refractivity contribution >= 4 is 25.3 Å². The zero-order chi connectivity index (χ0) is 40.2. The lowest BCUT2D eigenvalue weighted by molar-refractivity contribution is -0.0646. The number of ether oxygens (including phenoxy) is 4. The van der Waals surface area contributed by atoms with E-state index in [1.807, 2.05) is 28.8 Å². The summed E-state index contributed by atoms with van der Waals surface area (Å²) in [5.74, 6) is 2.23. The molecular weight excluding hydrogens is 735 g/mol. The Labute approximate surface area is 336 Å². The minimum absolute atomic E-state index is 0.154. The lowest BCUT2D eigenvalue weighted by Gasteiger charge is -2.36. The van der Waals surface area contributed by atoms with Crippen molar-refractivity contribution in [1.82, 2.24) is 19.5 Å². The Kier molecular flexibility index (Phi) is 12.1. The molecule has 3 heterocycles. The Balaban J connectivity index is 0.993. The molecule has 0 saturated carbocycles. The third-order valence-electron chi connectivity index (χ3n) is 11.2. The average molecular weight is 788 g/mol. The summed E-state index contributed by atoms with van der Waals surface area (Å²) < 4.78 is 31.7. The smallest absolute Gasteiger partial charge is 0.192 e. The molecule has 3 atom stereocenters. The molecule has 57 heavy (non-hydrogen) atoms. The van der Waals surface area contributed by atoms with Gasteiger partial charge in [0.15, 0.2) is 25.3 Å². The number of rotatable bonds is 15. The molecule has 1 aliphatic rings. The van der Waals surface area contributed by atoms with Crippen LogP contribution in [0.2, 0.25) is 18.1 Å². The first-order valence-electron chi connectivity index (χ1n) is 19.4. The summed E-state index contributed by atoms with van der Waals surface area (Å²) in [5.41, 5.74) is 8.81. The number of hydrogen-bond donors (Lipinski definition) is 2. The Bertz CT molecular complexity index is 2270. The maximum atomic E-state index is 11.1. The van der Waals surface area contributed by atoms with E-state index >= 15 is 0 Å². The summed E-state index contributed by atoms with van der Waals surface area (Å²) in [4.78, 5) is 13.7. The van der Waals surface area contributed by atoms with Gasteiger partial charge >= 0.3 is 0 Å². The van der Waals surface area contributed by atoms with Crippen LogP contribution < -0.4 is 14.8 Å². The third kappa shape index (κ3) is 9.21. The van der Waals surface area contributed by atoms with E-state index in [9.17, 15) is 5.11 Å². The quantitative estimate of drug-likeness (QED) is 0.0975. The number of nitrogens with zero attached hydrogens (tertiary/aromatic N) is 4. The van der Waals surface area contributed by atoms with Gasteiger partial charge in [-0.05, 0) is 87.4 Å². The van der Waals surface area contributed by atoms with Gasteiger partial charge in [0.2, 0.25) is 0 Å². The van der Waals surface area contributed by atoms with Crippen molar-refractivity contribution < 1.29 is 28.5 Å². The predicted octanol–water partition coefficient (Wildman–Crippen LogP) is 9.18. The van der Waals surface area contributed by atoms with Gasteiger partial charge in [0.05, 0.1) is 46.5 Å².